The molecule has 5 nitrogen and oxygen atoms in total. The van der Waals surface area contributed by atoms with Crippen LogP contribution >= 0.6 is 0 Å². The lowest BCUT2D eigenvalue weighted by Crippen LogP contribution is -2.16. The molecule has 0 radical (unpaired) electrons. The summed E-state index contributed by atoms with van der Waals surface area (Å²) < 4.78 is 6.79. The lowest BCUT2D eigenvalue weighted by Gasteiger charge is -2.15. The number of rotatable bonds is 4. The summed E-state index contributed by atoms with van der Waals surface area (Å²) in [6.07, 6.45) is 0. The van der Waals surface area contributed by atoms with Crippen LogP contribution in [0.4, 0.5) is 0 Å². The van der Waals surface area contributed by atoms with Crippen LogP contribution in [0, 0.1) is 13.8 Å². The first-order valence-electron chi connectivity index (χ1n) is 8.35. The molecule has 0 aliphatic rings. The molecule has 0 aliphatic heterocycles. The van der Waals surface area contributed by atoms with Crippen LogP contribution in [-0.2, 0) is 0 Å². The molecule has 5 heteroatoms. The van der Waals surface area contributed by atoms with Gasteiger partial charge >= 0.3 is 5.69 Å². The van der Waals surface area contributed by atoms with Gasteiger partial charge in [-0.15, -0.1) is 0 Å². The molecule has 3 rings (SSSR count). The quantitative estimate of drug-likeness (QED) is 0.783. The number of aromatic amines is 1. The van der Waals surface area contributed by atoms with Crippen molar-refractivity contribution in [2.24, 2.45) is 0 Å². The third kappa shape index (κ3) is 3.09. The fourth-order valence-corrected chi connectivity index (χ4v) is 3.18. The highest BCUT2D eigenvalue weighted by Crippen LogP contribution is 2.29. The lowest BCUT2D eigenvalue weighted by molar-refractivity contribution is 0.414. The zero-order chi connectivity index (χ0) is 18.1. The van der Waals surface area contributed by atoms with Gasteiger partial charge in [-0.1, -0.05) is 19.9 Å². The fraction of sp³-hybridized carbons (Fsp3) is 0.300. The average Bonchev–Trinajstić information content (AvgIpc) is 2.96. The zero-order valence-corrected chi connectivity index (χ0v) is 15.3. The van der Waals surface area contributed by atoms with Crippen LogP contribution in [0.2, 0.25) is 0 Å². The summed E-state index contributed by atoms with van der Waals surface area (Å²) >= 11 is 0. The molecule has 1 heterocycles. The summed E-state index contributed by atoms with van der Waals surface area (Å²) in [5.74, 6) is 1.77. The normalized spacial score (nSPS) is 11.1. The van der Waals surface area contributed by atoms with E-state index in [0.717, 1.165) is 22.6 Å². The van der Waals surface area contributed by atoms with E-state index in [1.54, 1.807) is 11.7 Å². The fourth-order valence-electron chi connectivity index (χ4n) is 3.18. The molecule has 0 aliphatic carbocycles. The average molecular weight is 337 g/mol. The van der Waals surface area contributed by atoms with Gasteiger partial charge in [-0.05, 0) is 66.8 Å². The minimum absolute atomic E-state index is 0.258. The van der Waals surface area contributed by atoms with Gasteiger partial charge in [0.1, 0.15) is 5.75 Å². The van der Waals surface area contributed by atoms with E-state index in [0.29, 0.717) is 11.7 Å². The Morgan fingerprint density at radius 1 is 1.08 bits per heavy atom. The number of benzene rings is 2. The number of hydrogen-bond donors (Lipinski definition) is 1. The van der Waals surface area contributed by atoms with Crippen LogP contribution in [0.15, 0.2) is 41.2 Å². The van der Waals surface area contributed by atoms with Gasteiger partial charge in [-0.25, -0.2) is 14.5 Å². The molecule has 3 aromatic rings. The van der Waals surface area contributed by atoms with Crippen LogP contribution in [0.5, 0.6) is 5.75 Å². The van der Waals surface area contributed by atoms with Crippen LogP contribution < -0.4 is 10.4 Å². The first kappa shape index (κ1) is 17.0. The molecule has 1 N–H and O–H groups in total. The van der Waals surface area contributed by atoms with Gasteiger partial charge < -0.3 is 4.74 Å². The van der Waals surface area contributed by atoms with Gasteiger partial charge in [0.15, 0.2) is 5.82 Å². The van der Waals surface area contributed by atoms with Gasteiger partial charge in [0.05, 0.1) is 12.8 Å². The van der Waals surface area contributed by atoms with Crippen LogP contribution in [0.25, 0.3) is 17.1 Å². The first-order valence-corrected chi connectivity index (χ1v) is 8.35. The van der Waals surface area contributed by atoms with Crippen LogP contribution in [-0.4, -0.2) is 21.9 Å². The Labute approximate surface area is 147 Å². The van der Waals surface area contributed by atoms with Crippen LogP contribution in [0.3, 0.4) is 0 Å². The van der Waals surface area contributed by atoms with E-state index in [2.05, 4.69) is 43.1 Å². The number of hydrogen-bond acceptors (Lipinski definition) is 3. The molecule has 0 fully saturated rings. The van der Waals surface area contributed by atoms with Gasteiger partial charge in [0.2, 0.25) is 0 Å². The van der Waals surface area contributed by atoms with Crippen LogP contribution in [0.1, 0.15) is 36.5 Å². The number of H-pyrrole nitrogens is 1. The van der Waals surface area contributed by atoms with Gasteiger partial charge in [-0.2, -0.15) is 5.10 Å². The Bertz CT molecular complexity index is 950. The molecule has 0 atom stereocenters. The van der Waals surface area contributed by atoms with E-state index >= 15 is 0 Å². The predicted octanol–water partition coefficient (Wildman–Crippen LogP) is 3.98. The van der Waals surface area contributed by atoms with Crippen molar-refractivity contribution in [3.8, 4) is 22.8 Å². The van der Waals surface area contributed by atoms with E-state index in [1.807, 2.05) is 31.2 Å². The Morgan fingerprint density at radius 3 is 2.36 bits per heavy atom. The van der Waals surface area contributed by atoms with E-state index < -0.39 is 0 Å². The highest BCUT2D eigenvalue weighted by atomic mass is 16.5. The Hall–Kier alpha value is -2.82. The van der Waals surface area contributed by atoms with E-state index in [4.69, 9.17) is 4.74 Å². The van der Waals surface area contributed by atoms with Crippen molar-refractivity contribution in [3.63, 3.8) is 0 Å². The van der Waals surface area contributed by atoms with Crippen molar-refractivity contribution in [2.75, 3.05) is 7.11 Å². The third-order valence-electron chi connectivity index (χ3n) is 4.48. The summed E-state index contributed by atoms with van der Waals surface area (Å²) in [6.45, 7) is 8.50. The zero-order valence-electron chi connectivity index (χ0n) is 15.3. The predicted molar refractivity (Wildman–Crippen MR) is 99.7 cm³/mol. The van der Waals surface area contributed by atoms with Crippen molar-refractivity contribution >= 4 is 0 Å². The van der Waals surface area contributed by atoms with E-state index in [1.165, 1.54) is 11.1 Å². The Morgan fingerprint density at radius 2 is 1.76 bits per heavy atom. The molecule has 1 aromatic heterocycles. The van der Waals surface area contributed by atoms with E-state index in [-0.39, 0.29) is 5.69 Å². The first-order chi connectivity index (χ1) is 11.9. The minimum Gasteiger partial charge on any atom is -0.497 e. The lowest BCUT2D eigenvalue weighted by atomic mass is 9.93. The maximum Gasteiger partial charge on any atom is 0.348 e. The van der Waals surface area contributed by atoms with Crippen molar-refractivity contribution in [3.05, 3.63) is 63.6 Å². The maximum atomic E-state index is 12.4. The second-order valence-corrected chi connectivity index (χ2v) is 6.56. The molecular weight excluding hydrogens is 314 g/mol. The van der Waals surface area contributed by atoms with Crippen molar-refractivity contribution in [1.82, 2.24) is 14.8 Å². The summed E-state index contributed by atoms with van der Waals surface area (Å²) in [5.41, 5.74) is 5.06. The van der Waals surface area contributed by atoms with Gasteiger partial charge in [0, 0.05) is 5.56 Å². The van der Waals surface area contributed by atoms with E-state index in [9.17, 15) is 4.79 Å². The second-order valence-electron chi connectivity index (χ2n) is 6.56. The topological polar surface area (TPSA) is 59.9 Å². The molecule has 0 saturated heterocycles. The molecule has 0 unspecified atom stereocenters. The molecule has 0 amide bonds. The smallest absolute Gasteiger partial charge is 0.348 e. The summed E-state index contributed by atoms with van der Waals surface area (Å²) in [6, 6.07) is 11.7. The Kier molecular flexibility index (Phi) is 4.49. The molecule has 0 bridgehead atoms. The van der Waals surface area contributed by atoms with Crippen molar-refractivity contribution < 1.29 is 4.74 Å². The number of ether oxygens (including phenoxy) is 1. The third-order valence-corrected chi connectivity index (χ3v) is 4.48. The monoisotopic (exact) mass is 337 g/mol. The molecule has 130 valence electrons. The number of methoxy groups -OCH3 is 1. The highest BCUT2D eigenvalue weighted by Gasteiger charge is 2.17. The van der Waals surface area contributed by atoms with Gasteiger partial charge in [0.25, 0.3) is 0 Å². The second kappa shape index (κ2) is 6.59. The Balaban J connectivity index is 2.20. The summed E-state index contributed by atoms with van der Waals surface area (Å²) in [5, 5.41) is 6.87. The molecule has 2 aromatic carbocycles. The van der Waals surface area contributed by atoms with Crippen molar-refractivity contribution in [1.29, 1.82) is 0 Å². The minimum atomic E-state index is -0.258. The maximum absolute atomic E-state index is 12.4. The number of aryl methyl sites for hydroxylation is 2. The highest BCUT2D eigenvalue weighted by molar-refractivity contribution is 5.65. The summed E-state index contributed by atoms with van der Waals surface area (Å²) in [4.78, 5) is 12.4. The van der Waals surface area contributed by atoms with Crippen molar-refractivity contribution in [2.45, 2.75) is 33.6 Å². The van der Waals surface area contributed by atoms with Gasteiger partial charge in [-0.3, -0.25) is 0 Å². The molecule has 0 spiro atoms. The molecule has 25 heavy (non-hydrogen) atoms. The largest absolute Gasteiger partial charge is 0.497 e. The standard InChI is InChI=1S/C20H23N3O2/c1-12(2)17-11-18(14(4)10-13(17)3)19-21-22-20(24)23(19)15-6-8-16(25-5)9-7-15/h6-12H,1-5H3,(H,22,24). The SMILES string of the molecule is COc1ccc(-n2c(-c3cc(C(C)C)c(C)cc3C)n[nH]c2=O)cc1. The molecular formula is C20H23N3O2. The molecule has 0 saturated carbocycles. The summed E-state index contributed by atoms with van der Waals surface area (Å²) in [7, 11) is 1.62. The number of aromatic nitrogens is 3. The number of nitrogens with one attached hydrogen (secondary N) is 1. The number of nitrogens with zero attached hydrogens (tertiary/aromatic N) is 2.